The van der Waals surface area contributed by atoms with E-state index in [0.717, 1.165) is 5.75 Å². The lowest BCUT2D eigenvalue weighted by Gasteiger charge is -2.00. The number of benzene rings is 2. The molecule has 0 N–H and O–H groups in total. The maximum Gasteiger partial charge on any atom is 0.0285 e. The zero-order valence-corrected chi connectivity index (χ0v) is 10.0. The van der Waals surface area contributed by atoms with Crippen LogP contribution in [0.2, 0.25) is 0 Å². The van der Waals surface area contributed by atoms with Crippen LogP contribution >= 0.6 is 30.1 Å². The van der Waals surface area contributed by atoms with E-state index in [1.165, 1.54) is 16.3 Å². The Morgan fingerprint density at radius 1 is 1.00 bits per heavy atom. The summed E-state index contributed by atoms with van der Waals surface area (Å²) < 4.78 is 0. The smallest absolute Gasteiger partial charge is 0.0285 e. The van der Waals surface area contributed by atoms with E-state index < -0.39 is 0 Å². The van der Waals surface area contributed by atoms with Gasteiger partial charge in [0.1, 0.15) is 0 Å². The second kappa shape index (κ2) is 4.33. The first-order valence-corrected chi connectivity index (χ1v) is 7.64. The van der Waals surface area contributed by atoms with Crippen molar-refractivity contribution in [3.63, 3.8) is 0 Å². The maximum atomic E-state index is 2.33. The molecular formula is C11H9IS. The molecule has 0 aliphatic carbocycles. The second-order valence-corrected chi connectivity index (χ2v) is 5.31. The van der Waals surface area contributed by atoms with Crippen molar-refractivity contribution < 1.29 is 0 Å². The van der Waals surface area contributed by atoms with E-state index in [0.29, 0.717) is 0 Å². The second-order valence-electron chi connectivity index (χ2n) is 2.93. The van der Waals surface area contributed by atoms with Crippen molar-refractivity contribution in [2.75, 3.05) is 0 Å². The highest BCUT2D eigenvalue weighted by Gasteiger charge is 1.94. The Hall–Kier alpha value is -0.220. The van der Waals surface area contributed by atoms with Gasteiger partial charge in [-0.25, -0.2) is 0 Å². The lowest BCUT2D eigenvalue weighted by atomic mass is 10.1. The predicted molar refractivity (Wildman–Crippen MR) is 69.3 cm³/mol. The van der Waals surface area contributed by atoms with Crippen LogP contribution in [0.5, 0.6) is 0 Å². The Morgan fingerprint density at radius 2 is 1.77 bits per heavy atom. The number of hydrogen-bond acceptors (Lipinski definition) is 1. The summed E-state index contributed by atoms with van der Waals surface area (Å²) in [5.74, 6) is 1.09. The Balaban J connectivity index is 2.49. The number of fused-ring (bicyclic) bond motifs is 1. The van der Waals surface area contributed by atoms with Crippen molar-refractivity contribution in [2.24, 2.45) is 0 Å². The quantitative estimate of drug-likeness (QED) is 0.740. The monoisotopic (exact) mass is 300 g/mol. The van der Waals surface area contributed by atoms with E-state index in [1.807, 2.05) is 8.93 Å². The molecule has 0 aromatic heterocycles. The summed E-state index contributed by atoms with van der Waals surface area (Å²) in [5.41, 5.74) is 1.40. The molecule has 0 unspecified atom stereocenters. The van der Waals surface area contributed by atoms with E-state index in [2.05, 4.69) is 63.7 Å². The van der Waals surface area contributed by atoms with Crippen LogP contribution in [0.3, 0.4) is 0 Å². The fourth-order valence-electron chi connectivity index (χ4n) is 1.39. The third kappa shape index (κ3) is 2.17. The van der Waals surface area contributed by atoms with E-state index in [4.69, 9.17) is 0 Å². The number of halogens is 1. The van der Waals surface area contributed by atoms with Gasteiger partial charge in [-0.05, 0) is 37.5 Å². The predicted octanol–water partition coefficient (Wildman–Crippen LogP) is 4.42. The highest BCUT2D eigenvalue weighted by molar-refractivity contribution is 14.2. The minimum atomic E-state index is 1.09. The molecule has 0 radical (unpaired) electrons. The Morgan fingerprint density at radius 3 is 2.54 bits per heavy atom. The molecular weight excluding hydrogens is 291 g/mol. The van der Waals surface area contributed by atoms with E-state index in [1.54, 1.807) is 0 Å². The Labute approximate surface area is 94.3 Å². The van der Waals surface area contributed by atoms with Crippen molar-refractivity contribution >= 4 is 40.9 Å². The van der Waals surface area contributed by atoms with Crippen LogP contribution in [-0.4, -0.2) is 0 Å². The third-order valence-electron chi connectivity index (χ3n) is 2.04. The van der Waals surface area contributed by atoms with E-state index in [9.17, 15) is 0 Å². The summed E-state index contributed by atoms with van der Waals surface area (Å²) in [6.45, 7) is 0. The highest BCUT2D eigenvalue weighted by Crippen LogP contribution is 2.22. The zero-order valence-electron chi connectivity index (χ0n) is 7.03. The molecule has 2 aromatic rings. The van der Waals surface area contributed by atoms with Gasteiger partial charge in [0.25, 0.3) is 0 Å². The van der Waals surface area contributed by atoms with Gasteiger partial charge >= 0.3 is 0 Å². The van der Waals surface area contributed by atoms with Crippen molar-refractivity contribution in [2.45, 2.75) is 5.75 Å². The topological polar surface area (TPSA) is 0 Å². The largest absolute Gasteiger partial charge is 0.0846 e. The molecule has 0 bridgehead atoms. The highest BCUT2D eigenvalue weighted by atomic mass is 127. The Kier molecular flexibility index (Phi) is 3.11. The third-order valence-corrected chi connectivity index (χ3v) is 3.41. The van der Waals surface area contributed by atoms with Crippen LogP contribution in [0, 0.1) is 0 Å². The molecule has 0 heterocycles. The van der Waals surface area contributed by atoms with Crippen LogP contribution in [0.4, 0.5) is 0 Å². The minimum absolute atomic E-state index is 1.09. The molecule has 0 atom stereocenters. The van der Waals surface area contributed by atoms with Crippen LogP contribution < -0.4 is 0 Å². The molecule has 0 amide bonds. The van der Waals surface area contributed by atoms with Gasteiger partial charge in [-0.15, -0.1) is 0 Å². The number of hydrogen-bond donors (Lipinski definition) is 0. The molecule has 2 heteroatoms. The van der Waals surface area contributed by atoms with Gasteiger partial charge in [-0.3, -0.25) is 0 Å². The van der Waals surface area contributed by atoms with Gasteiger partial charge in [0, 0.05) is 5.75 Å². The van der Waals surface area contributed by atoms with E-state index >= 15 is 0 Å². The minimum Gasteiger partial charge on any atom is -0.0846 e. The fourth-order valence-corrected chi connectivity index (χ4v) is 2.78. The standard InChI is InChI=1S/C11H9IS/c12-13-8-9-5-6-10-3-1-2-4-11(10)7-9/h1-7H,8H2. The summed E-state index contributed by atoms with van der Waals surface area (Å²) in [4.78, 5) is 0. The van der Waals surface area contributed by atoms with Gasteiger partial charge in [0.2, 0.25) is 0 Å². The molecule has 13 heavy (non-hydrogen) atoms. The zero-order chi connectivity index (χ0) is 9.10. The first-order chi connectivity index (χ1) is 6.40. The van der Waals surface area contributed by atoms with Crippen LogP contribution in [-0.2, 0) is 5.75 Å². The van der Waals surface area contributed by atoms with Crippen LogP contribution in [0.25, 0.3) is 10.8 Å². The average Bonchev–Trinajstić information content (AvgIpc) is 2.18. The van der Waals surface area contributed by atoms with Gasteiger partial charge in [0.05, 0.1) is 0 Å². The van der Waals surface area contributed by atoms with Gasteiger partial charge in [0.15, 0.2) is 0 Å². The molecule has 2 rings (SSSR count). The average molecular weight is 300 g/mol. The van der Waals surface area contributed by atoms with Crippen LogP contribution in [0.15, 0.2) is 42.5 Å². The molecule has 0 aliphatic rings. The molecule has 0 nitrogen and oxygen atoms in total. The molecule has 2 aromatic carbocycles. The lowest BCUT2D eigenvalue weighted by molar-refractivity contribution is 1.45. The van der Waals surface area contributed by atoms with Crippen molar-refractivity contribution in [3.05, 3.63) is 48.0 Å². The molecule has 0 saturated heterocycles. The first kappa shape index (κ1) is 9.34. The fraction of sp³-hybridized carbons (Fsp3) is 0.0909. The molecule has 0 saturated carbocycles. The molecule has 0 fully saturated rings. The van der Waals surface area contributed by atoms with Gasteiger partial charge < -0.3 is 0 Å². The molecule has 0 aliphatic heterocycles. The van der Waals surface area contributed by atoms with E-state index in [-0.39, 0.29) is 0 Å². The SMILES string of the molecule is ISCc1ccc2ccccc2c1. The van der Waals surface area contributed by atoms with Crippen molar-refractivity contribution in [1.82, 2.24) is 0 Å². The van der Waals surface area contributed by atoms with Gasteiger partial charge in [-0.1, -0.05) is 51.4 Å². The Bertz CT molecular complexity index is 412. The normalized spacial score (nSPS) is 10.5. The maximum absolute atomic E-state index is 2.33. The summed E-state index contributed by atoms with van der Waals surface area (Å²) in [7, 11) is 1.83. The summed E-state index contributed by atoms with van der Waals surface area (Å²) >= 11 is 2.33. The van der Waals surface area contributed by atoms with Crippen LogP contribution in [0.1, 0.15) is 5.56 Å². The summed E-state index contributed by atoms with van der Waals surface area (Å²) in [6.07, 6.45) is 0. The van der Waals surface area contributed by atoms with Crippen molar-refractivity contribution in [3.8, 4) is 0 Å². The first-order valence-electron chi connectivity index (χ1n) is 4.11. The lowest BCUT2D eigenvalue weighted by Crippen LogP contribution is -1.78. The molecule has 66 valence electrons. The van der Waals surface area contributed by atoms with Crippen molar-refractivity contribution in [1.29, 1.82) is 0 Å². The van der Waals surface area contributed by atoms with Gasteiger partial charge in [-0.2, -0.15) is 0 Å². The summed E-state index contributed by atoms with van der Waals surface area (Å²) in [5, 5.41) is 2.66. The number of rotatable bonds is 2. The molecule has 0 spiro atoms. The summed E-state index contributed by atoms with van der Waals surface area (Å²) in [6, 6.07) is 15.1.